The SMILES string of the molecule is CCCOc1ccc(Oc2ccc3c(c2)C(=O)N(CC(=O)OCC)C3=O)cc1. The molecule has 1 aliphatic heterocycles. The first kappa shape index (κ1) is 19.4. The third kappa shape index (κ3) is 4.14. The van der Waals surface area contributed by atoms with Crippen molar-refractivity contribution in [2.45, 2.75) is 20.3 Å². The van der Waals surface area contributed by atoms with E-state index in [1.807, 2.05) is 6.92 Å². The van der Waals surface area contributed by atoms with Crippen LogP contribution in [-0.2, 0) is 9.53 Å². The first-order valence-corrected chi connectivity index (χ1v) is 9.10. The zero-order chi connectivity index (χ0) is 20.1. The standard InChI is InChI=1S/C21H21NO6/c1-3-11-27-14-5-7-15(8-6-14)28-16-9-10-17-18(12-16)21(25)22(20(17)24)13-19(23)26-4-2/h5-10,12H,3-4,11,13H2,1-2H3. The van der Waals surface area contributed by atoms with Crippen LogP contribution in [0.15, 0.2) is 42.5 Å². The van der Waals surface area contributed by atoms with Crippen molar-refractivity contribution < 1.29 is 28.6 Å². The second-order valence-electron chi connectivity index (χ2n) is 6.13. The smallest absolute Gasteiger partial charge is 0.326 e. The number of ether oxygens (including phenoxy) is 3. The molecule has 0 aromatic heterocycles. The second-order valence-corrected chi connectivity index (χ2v) is 6.13. The maximum atomic E-state index is 12.5. The lowest BCUT2D eigenvalue weighted by atomic mass is 10.1. The number of hydrogen-bond donors (Lipinski definition) is 0. The van der Waals surface area contributed by atoms with Gasteiger partial charge in [0.1, 0.15) is 23.8 Å². The van der Waals surface area contributed by atoms with Gasteiger partial charge in [0.2, 0.25) is 0 Å². The van der Waals surface area contributed by atoms with Gasteiger partial charge in [0.05, 0.1) is 24.3 Å². The summed E-state index contributed by atoms with van der Waals surface area (Å²) in [7, 11) is 0. The van der Waals surface area contributed by atoms with Crippen LogP contribution < -0.4 is 9.47 Å². The van der Waals surface area contributed by atoms with Gasteiger partial charge in [0, 0.05) is 0 Å². The van der Waals surface area contributed by atoms with Gasteiger partial charge in [-0.25, -0.2) is 0 Å². The minimum Gasteiger partial charge on any atom is -0.494 e. The third-order valence-corrected chi connectivity index (χ3v) is 4.07. The number of hydrogen-bond acceptors (Lipinski definition) is 6. The van der Waals surface area contributed by atoms with Gasteiger partial charge in [-0.15, -0.1) is 0 Å². The van der Waals surface area contributed by atoms with E-state index in [0.717, 1.165) is 17.1 Å². The van der Waals surface area contributed by atoms with Crippen LogP contribution in [0.3, 0.4) is 0 Å². The molecule has 0 saturated carbocycles. The normalized spacial score (nSPS) is 12.7. The average Bonchev–Trinajstić information content (AvgIpc) is 2.92. The lowest BCUT2D eigenvalue weighted by Crippen LogP contribution is -2.35. The van der Waals surface area contributed by atoms with Gasteiger partial charge in [-0.05, 0) is 55.8 Å². The van der Waals surface area contributed by atoms with Crippen LogP contribution >= 0.6 is 0 Å². The van der Waals surface area contributed by atoms with Gasteiger partial charge < -0.3 is 14.2 Å². The van der Waals surface area contributed by atoms with Crippen LogP contribution in [0.5, 0.6) is 17.2 Å². The minimum absolute atomic E-state index is 0.183. The fraction of sp³-hybridized carbons (Fsp3) is 0.286. The maximum absolute atomic E-state index is 12.5. The van der Waals surface area contributed by atoms with Crippen LogP contribution in [-0.4, -0.2) is 42.4 Å². The molecule has 2 aromatic rings. The Balaban J connectivity index is 1.73. The molecule has 0 bridgehead atoms. The van der Waals surface area contributed by atoms with Crippen molar-refractivity contribution in [3.05, 3.63) is 53.6 Å². The number of carbonyl (C=O) groups is 3. The van der Waals surface area contributed by atoms with Crippen LogP contribution in [0.1, 0.15) is 41.0 Å². The van der Waals surface area contributed by atoms with Crippen molar-refractivity contribution in [1.29, 1.82) is 0 Å². The van der Waals surface area contributed by atoms with Crippen molar-refractivity contribution in [2.24, 2.45) is 0 Å². The lowest BCUT2D eigenvalue weighted by Gasteiger charge is -2.12. The molecule has 2 aromatic carbocycles. The van der Waals surface area contributed by atoms with Gasteiger partial charge in [-0.3, -0.25) is 19.3 Å². The maximum Gasteiger partial charge on any atom is 0.326 e. The molecule has 28 heavy (non-hydrogen) atoms. The summed E-state index contributed by atoms with van der Waals surface area (Å²) in [6, 6.07) is 11.8. The summed E-state index contributed by atoms with van der Waals surface area (Å²) in [5.74, 6) is 0.0558. The quantitative estimate of drug-likeness (QED) is 0.513. The van der Waals surface area contributed by atoms with E-state index in [9.17, 15) is 14.4 Å². The van der Waals surface area contributed by atoms with Crippen molar-refractivity contribution >= 4 is 17.8 Å². The van der Waals surface area contributed by atoms with Gasteiger partial charge in [0.25, 0.3) is 11.8 Å². The van der Waals surface area contributed by atoms with Crippen molar-refractivity contribution in [2.75, 3.05) is 19.8 Å². The van der Waals surface area contributed by atoms with Crippen LogP contribution in [0.25, 0.3) is 0 Å². The fourth-order valence-corrected chi connectivity index (χ4v) is 2.77. The summed E-state index contributed by atoms with van der Waals surface area (Å²) < 4.78 is 16.1. The molecule has 146 valence electrons. The molecule has 3 rings (SSSR count). The molecule has 1 heterocycles. The summed E-state index contributed by atoms with van der Waals surface area (Å²) in [4.78, 5) is 37.4. The first-order valence-electron chi connectivity index (χ1n) is 9.10. The first-order chi connectivity index (χ1) is 13.5. The molecular formula is C21H21NO6. The Labute approximate surface area is 162 Å². The van der Waals surface area contributed by atoms with E-state index < -0.39 is 24.3 Å². The number of fused-ring (bicyclic) bond motifs is 1. The number of rotatable bonds is 8. The minimum atomic E-state index is -0.626. The van der Waals surface area contributed by atoms with E-state index >= 15 is 0 Å². The Morgan fingerprint density at radius 3 is 2.21 bits per heavy atom. The molecular weight excluding hydrogens is 362 g/mol. The van der Waals surface area contributed by atoms with E-state index in [2.05, 4.69) is 0 Å². The highest BCUT2D eigenvalue weighted by molar-refractivity contribution is 6.22. The van der Waals surface area contributed by atoms with E-state index in [4.69, 9.17) is 14.2 Å². The molecule has 7 nitrogen and oxygen atoms in total. The van der Waals surface area contributed by atoms with E-state index in [-0.39, 0.29) is 17.7 Å². The van der Waals surface area contributed by atoms with Gasteiger partial charge in [0.15, 0.2) is 0 Å². The highest BCUT2D eigenvalue weighted by Gasteiger charge is 2.37. The predicted molar refractivity (Wildman–Crippen MR) is 101 cm³/mol. The molecule has 0 N–H and O–H groups in total. The van der Waals surface area contributed by atoms with E-state index in [0.29, 0.717) is 18.1 Å². The van der Waals surface area contributed by atoms with Gasteiger partial charge in [-0.2, -0.15) is 0 Å². The zero-order valence-corrected chi connectivity index (χ0v) is 15.8. The molecule has 0 unspecified atom stereocenters. The zero-order valence-electron chi connectivity index (χ0n) is 15.8. The van der Waals surface area contributed by atoms with Crippen molar-refractivity contribution in [3.8, 4) is 17.2 Å². The summed E-state index contributed by atoms with van der Waals surface area (Å²) in [5, 5.41) is 0. The predicted octanol–water partition coefficient (Wildman–Crippen LogP) is 3.43. The summed E-state index contributed by atoms with van der Waals surface area (Å²) >= 11 is 0. The van der Waals surface area contributed by atoms with Crippen LogP contribution in [0.4, 0.5) is 0 Å². The third-order valence-electron chi connectivity index (χ3n) is 4.07. The van der Waals surface area contributed by atoms with Crippen LogP contribution in [0.2, 0.25) is 0 Å². The number of carbonyl (C=O) groups excluding carboxylic acids is 3. The summed E-state index contributed by atoms with van der Waals surface area (Å²) in [6.07, 6.45) is 0.924. The monoisotopic (exact) mass is 383 g/mol. The Kier molecular flexibility index (Phi) is 5.93. The highest BCUT2D eigenvalue weighted by atomic mass is 16.5. The topological polar surface area (TPSA) is 82.1 Å². The molecule has 0 radical (unpaired) electrons. The molecule has 7 heteroatoms. The molecule has 0 spiro atoms. The lowest BCUT2D eigenvalue weighted by molar-refractivity contribution is -0.143. The molecule has 2 amide bonds. The van der Waals surface area contributed by atoms with E-state index in [1.165, 1.54) is 12.1 Å². The largest absolute Gasteiger partial charge is 0.494 e. The Morgan fingerprint density at radius 2 is 1.54 bits per heavy atom. The number of nitrogens with zero attached hydrogens (tertiary/aromatic N) is 1. The molecule has 0 atom stereocenters. The van der Waals surface area contributed by atoms with Gasteiger partial charge in [-0.1, -0.05) is 6.92 Å². The second kappa shape index (κ2) is 8.56. The van der Waals surface area contributed by atoms with Crippen molar-refractivity contribution in [3.63, 3.8) is 0 Å². The van der Waals surface area contributed by atoms with Crippen LogP contribution in [0, 0.1) is 0 Å². The number of imide groups is 1. The molecule has 0 saturated heterocycles. The Hall–Kier alpha value is -3.35. The Bertz CT molecular complexity index is 890. The number of amides is 2. The summed E-state index contributed by atoms with van der Waals surface area (Å²) in [5.41, 5.74) is 0.444. The molecule has 1 aliphatic rings. The molecule has 0 aliphatic carbocycles. The average molecular weight is 383 g/mol. The van der Waals surface area contributed by atoms with Gasteiger partial charge >= 0.3 is 5.97 Å². The van der Waals surface area contributed by atoms with Crippen molar-refractivity contribution in [1.82, 2.24) is 4.90 Å². The molecule has 0 fully saturated rings. The highest BCUT2D eigenvalue weighted by Crippen LogP contribution is 2.30. The fourth-order valence-electron chi connectivity index (χ4n) is 2.77. The number of esters is 1. The van der Waals surface area contributed by atoms with E-state index in [1.54, 1.807) is 37.3 Å². The number of benzene rings is 2. The Morgan fingerprint density at radius 1 is 0.893 bits per heavy atom. The summed E-state index contributed by atoms with van der Waals surface area (Å²) in [6.45, 7) is 4.11.